The van der Waals surface area contributed by atoms with Crippen LogP contribution in [0.25, 0.3) is 17.2 Å². The number of hydrogen-bond acceptors (Lipinski definition) is 8. The Bertz CT molecular complexity index is 1110. The first kappa shape index (κ1) is 19.4. The minimum Gasteiger partial charge on any atom is -0.462 e. The van der Waals surface area contributed by atoms with E-state index < -0.39 is 5.97 Å². The van der Waals surface area contributed by atoms with Crippen molar-refractivity contribution in [2.75, 3.05) is 6.61 Å². The Morgan fingerprint density at radius 2 is 2.10 bits per heavy atom. The predicted octanol–water partition coefficient (Wildman–Crippen LogP) is 3.06. The number of carbonyl (C=O) groups is 1. The van der Waals surface area contributed by atoms with Crippen molar-refractivity contribution in [2.45, 2.75) is 26.2 Å². The number of rotatable bonds is 8. The first-order valence-corrected chi connectivity index (χ1v) is 9.64. The van der Waals surface area contributed by atoms with Crippen molar-refractivity contribution in [3.05, 3.63) is 72.3 Å². The second kappa shape index (κ2) is 9.08. The molecule has 0 aliphatic carbocycles. The molecule has 4 rings (SSSR count). The third-order valence-electron chi connectivity index (χ3n) is 4.45. The van der Waals surface area contributed by atoms with Gasteiger partial charge in [0.25, 0.3) is 0 Å². The zero-order valence-corrected chi connectivity index (χ0v) is 16.4. The highest BCUT2D eigenvalue weighted by molar-refractivity contribution is 5.90. The number of aromatic nitrogens is 6. The molecule has 9 nitrogen and oxygen atoms in total. The van der Waals surface area contributed by atoms with E-state index in [2.05, 4.69) is 25.2 Å². The fraction of sp³-hybridized carbons (Fsp3) is 0.238. The van der Waals surface area contributed by atoms with Crippen molar-refractivity contribution >= 4 is 5.97 Å². The van der Waals surface area contributed by atoms with Crippen LogP contribution in [-0.2, 0) is 17.6 Å². The molecule has 0 atom stereocenters. The average molecular weight is 404 g/mol. The van der Waals surface area contributed by atoms with Gasteiger partial charge in [-0.1, -0.05) is 18.1 Å². The van der Waals surface area contributed by atoms with Crippen molar-refractivity contribution in [3.63, 3.8) is 0 Å². The van der Waals surface area contributed by atoms with E-state index in [0.717, 1.165) is 11.3 Å². The van der Waals surface area contributed by atoms with Crippen LogP contribution in [0.15, 0.2) is 59.6 Å². The summed E-state index contributed by atoms with van der Waals surface area (Å²) >= 11 is 0. The van der Waals surface area contributed by atoms with Crippen LogP contribution in [-0.4, -0.2) is 42.5 Å². The van der Waals surface area contributed by atoms with Crippen LogP contribution in [0.2, 0.25) is 0 Å². The van der Waals surface area contributed by atoms with Crippen LogP contribution in [0.3, 0.4) is 0 Å². The maximum Gasteiger partial charge on any atom is 0.341 e. The Balaban J connectivity index is 1.33. The monoisotopic (exact) mass is 404 g/mol. The Labute approximate surface area is 172 Å². The molecule has 4 aromatic heterocycles. The third kappa shape index (κ3) is 4.24. The van der Waals surface area contributed by atoms with Gasteiger partial charge in [-0.05, 0) is 37.1 Å². The van der Waals surface area contributed by atoms with E-state index in [9.17, 15) is 4.79 Å². The smallest absolute Gasteiger partial charge is 0.341 e. The van der Waals surface area contributed by atoms with E-state index in [4.69, 9.17) is 9.26 Å². The Morgan fingerprint density at radius 1 is 1.17 bits per heavy atom. The number of hydrogen-bond donors (Lipinski definition) is 0. The van der Waals surface area contributed by atoms with E-state index >= 15 is 0 Å². The molecule has 0 bridgehead atoms. The zero-order valence-electron chi connectivity index (χ0n) is 16.4. The molecule has 0 fully saturated rings. The molecule has 0 unspecified atom stereocenters. The molecule has 0 saturated heterocycles. The molecule has 9 heteroatoms. The lowest BCUT2D eigenvalue weighted by Gasteiger charge is -2.07. The second-order valence-electron chi connectivity index (χ2n) is 6.45. The molecule has 4 heterocycles. The first-order valence-electron chi connectivity index (χ1n) is 9.64. The van der Waals surface area contributed by atoms with E-state index in [0.29, 0.717) is 42.4 Å². The van der Waals surface area contributed by atoms with Gasteiger partial charge < -0.3 is 9.26 Å². The number of aryl methyl sites for hydroxylation is 1. The lowest BCUT2D eigenvalue weighted by Crippen LogP contribution is -2.11. The van der Waals surface area contributed by atoms with Crippen LogP contribution in [0.1, 0.15) is 35.3 Å². The molecule has 152 valence electrons. The lowest BCUT2D eigenvalue weighted by molar-refractivity contribution is 0.0497. The molecule has 0 aromatic carbocycles. The molecule has 30 heavy (non-hydrogen) atoms. The highest BCUT2D eigenvalue weighted by atomic mass is 16.5. The van der Waals surface area contributed by atoms with Crippen molar-refractivity contribution in [1.82, 2.24) is 29.9 Å². The number of esters is 1. The van der Waals surface area contributed by atoms with Crippen molar-refractivity contribution < 1.29 is 14.1 Å². The summed E-state index contributed by atoms with van der Waals surface area (Å²) in [7, 11) is 0. The highest BCUT2D eigenvalue weighted by Crippen LogP contribution is 2.16. The van der Waals surface area contributed by atoms with Gasteiger partial charge in [-0.15, -0.1) is 0 Å². The van der Waals surface area contributed by atoms with Crippen molar-refractivity contribution in [1.29, 1.82) is 0 Å². The summed E-state index contributed by atoms with van der Waals surface area (Å²) in [6, 6.07) is 9.21. The van der Waals surface area contributed by atoms with Gasteiger partial charge in [-0.25, -0.2) is 14.5 Å². The maximum atomic E-state index is 12.5. The molecular weight excluding hydrogens is 384 g/mol. The largest absolute Gasteiger partial charge is 0.462 e. The highest BCUT2D eigenvalue weighted by Gasteiger charge is 2.19. The maximum absolute atomic E-state index is 12.5. The minimum atomic E-state index is -0.407. The van der Waals surface area contributed by atoms with Crippen LogP contribution >= 0.6 is 0 Å². The van der Waals surface area contributed by atoms with Crippen LogP contribution in [0, 0.1) is 0 Å². The van der Waals surface area contributed by atoms with Gasteiger partial charge in [0.15, 0.2) is 5.82 Å². The topological polar surface area (TPSA) is 109 Å². The third-order valence-corrected chi connectivity index (χ3v) is 4.45. The summed E-state index contributed by atoms with van der Waals surface area (Å²) in [5.41, 5.74) is 1.99. The molecule has 0 aliphatic heterocycles. The Kier molecular flexibility index (Phi) is 5.88. The normalized spacial score (nSPS) is 10.8. The molecule has 0 amide bonds. The summed E-state index contributed by atoms with van der Waals surface area (Å²) in [6.07, 6.45) is 8.26. The Hall–Kier alpha value is -3.88. The van der Waals surface area contributed by atoms with Crippen LogP contribution in [0.4, 0.5) is 0 Å². The number of carbonyl (C=O) groups excluding carboxylic acids is 1. The predicted molar refractivity (Wildman–Crippen MR) is 107 cm³/mol. The summed E-state index contributed by atoms with van der Waals surface area (Å²) in [4.78, 5) is 25.2. The van der Waals surface area contributed by atoms with Gasteiger partial charge in [0.1, 0.15) is 5.56 Å². The van der Waals surface area contributed by atoms with Gasteiger partial charge in [-0.3, -0.25) is 4.98 Å². The fourth-order valence-electron chi connectivity index (χ4n) is 3.00. The summed E-state index contributed by atoms with van der Waals surface area (Å²) < 4.78 is 12.3. The summed E-state index contributed by atoms with van der Waals surface area (Å²) in [6.45, 7) is 2.20. The number of nitrogens with zero attached hydrogens (tertiary/aromatic N) is 6. The first-order chi connectivity index (χ1) is 14.8. The summed E-state index contributed by atoms with van der Waals surface area (Å²) in [5.74, 6) is 1.23. The molecule has 0 spiro atoms. The quantitative estimate of drug-likeness (QED) is 0.326. The van der Waals surface area contributed by atoms with E-state index in [-0.39, 0.29) is 6.61 Å². The van der Waals surface area contributed by atoms with Crippen molar-refractivity contribution in [3.8, 4) is 17.2 Å². The van der Waals surface area contributed by atoms with Gasteiger partial charge in [-0.2, -0.15) is 10.1 Å². The van der Waals surface area contributed by atoms with E-state index in [1.54, 1.807) is 23.3 Å². The van der Waals surface area contributed by atoms with Crippen LogP contribution in [0.5, 0.6) is 0 Å². The Morgan fingerprint density at radius 3 is 2.87 bits per heavy atom. The average Bonchev–Trinajstić information content (AvgIpc) is 3.45. The van der Waals surface area contributed by atoms with Gasteiger partial charge in [0.05, 0.1) is 18.5 Å². The minimum absolute atomic E-state index is 0.237. The number of pyridine rings is 2. The standard InChI is InChI=1S/C21H20N6O3/c1-2-17-16(14-24-27(17)18-8-3-4-11-23-18)21(28)29-12-6-9-19-25-20(26-30-19)15-7-5-10-22-13-15/h3-5,7-8,10-11,13-14H,2,6,9,12H2,1H3. The lowest BCUT2D eigenvalue weighted by atomic mass is 10.2. The fourth-order valence-corrected chi connectivity index (χ4v) is 3.00. The molecular formula is C21H20N6O3. The number of ether oxygens (including phenoxy) is 1. The van der Waals surface area contributed by atoms with Crippen LogP contribution < -0.4 is 0 Å². The second-order valence-corrected chi connectivity index (χ2v) is 6.45. The molecule has 0 saturated carbocycles. The molecule has 0 radical (unpaired) electrons. The SMILES string of the molecule is CCc1c(C(=O)OCCCc2nc(-c3cccnc3)no2)cnn1-c1ccccn1. The molecule has 0 N–H and O–H groups in total. The zero-order chi connectivity index (χ0) is 20.8. The van der Waals surface area contributed by atoms with E-state index in [1.165, 1.54) is 6.20 Å². The van der Waals surface area contributed by atoms with Crippen molar-refractivity contribution in [2.24, 2.45) is 0 Å². The summed E-state index contributed by atoms with van der Waals surface area (Å²) in [5, 5.41) is 8.25. The van der Waals surface area contributed by atoms with Gasteiger partial charge >= 0.3 is 5.97 Å². The molecule has 4 aromatic rings. The van der Waals surface area contributed by atoms with Gasteiger partial charge in [0.2, 0.25) is 11.7 Å². The van der Waals surface area contributed by atoms with E-state index in [1.807, 2.05) is 37.3 Å². The molecule has 0 aliphatic rings. The van der Waals surface area contributed by atoms with Gasteiger partial charge in [0, 0.05) is 30.6 Å².